The Bertz CT molecular complexity index is 889. The molecule has 4 rings (SSSR count). The second-order valence-corrected chi connectivity index (χ2v) is 9.63. The van der Waals surface area contributed by atoms with E-state index in [-0.39, 0.29) is 5.92 Å². The SMILES string of the molecule is NCC(c1ccc(Cl)cc1)C1CCN(C(=O)C2CCN(Cc3ccnc(N)c3)CC2)CC1. The molecule has 1 atom stereocenters. The molecule has 1 aromatic heterocycles. The van der Waals surface area contributed by atoms with E-state index in [0.717, 1.165) is 63.4 Å². The quantitative estimate of drug-likeness (QED) is 0.695. The first-order chi connectivity index (χ1) is 15.5. The highest BCUT2D eigenvalue weighted by Crippen LogP contribution is 2.33. The van der Waals surface area contributed by atoms with Crippen molar-refractivity contribution in [3.8, 4) is 0 Å². The number of carbonyl (C=O) groups is 1. The molecule has 0 radical (unpaired) electrons. The molecular weight excluding hydrogens is 422 g/mol. The van der Waals surface area contributed by atoms with Gasteiger partial charge in [-0.05, 0) is 92.5 Å². The van der Waals surface area contributed by atoms with Crippen LogP contribution >= 0.6 is 11.6 Å². The molecule has 172 valence electrons. The average Bonchev–Trinajstić information content (AvgIpc) is 2.81. The number of rotatable bonds is 6. The molecule has 1 unspecified atom stereocenters. The summed E-state index contributed by atoms with van der Waals surface area (Å²) < 4.78 is 0. The summed E-state index contributed by atoms with van der Waals surface area (Å²) in [6, 6.07) is 12.0. The van der Waals surface area contributed by atoms with Crippen LogP contribution in [0.4, 0.5) is 5.82 Å². The topological polar surface area (TPSA) is 88.5 Å². The van der Waals surface area contributed by atoms with E-state index >= 15 is 0 Å². The molecule has 0 aliphatic carbocycles. The van der Waals surface area contributed by atoms with Crippen LogP contribution in [0.3, 0.4) is 0 Å². The molecule has 3 heterocycles. The van der Waals surface area contributed by atoms with E-state index in [9.17, 15) is 4.79 Å². The van der Waals surface area contributed by atoms with Gasteiger partial charge in [-0.25, -0.2) is 4.98 Å². The smallest absolute Gasteiger partial charge is 0.225 e. The summed E-state index contributed by atoms with van der Waals surface area (Å²) >= 11 is 6.04. The minimum absolute atomic E-state index is 0.145. The van der Waals surface area contributed by atoms with Gasteiger partial charge in [0.15, 0.2) is 0 Å². The van der Waals surface area contributed by atoms with Crippen LogP contribution in [0, 0.1) is 11.8 Å². The third-order valence-corrected chi connectivity index (χ3v) is 7.41. The number of hydrogen-bond donors (Lipinski definition) is 2. The van der Waals surface area contributed by atoms with Crippen molar-refractivity contribution in [2.45, 2.75) is 38.1 Å². The Morgan fingerprint density at radius 3 is 2.38 bits per heavy atom. The van der Waals surface area contributed by atoms with E-state index in [1.165, 1.54) is 11.1 Å². The summed E-state index contributed by atoms with van der Waals surface area (Å²) in [5.41, 5.74) is 14.4. The lowest BCUT2D eigenvalue weighted by molar-refractivity contribution is -0.138. The van der Waals surface area contributed by atoms with Gasteiger partial charge >= 0.3 is 0 Å². The van der Waals surface area contributed by atoms with Gasteiger partial charge in [0.05, 0.1) is 0 Å². The molecule has 2 fully saturated rings. The Kier molecular flexibility index (Phi) is 7.66. The van der Waals surface area contributed by atoms with Gasteiger partial charge in [0.25, 0.3) is 0 Å². The van der Waals surface area contributed by atoms with E-state index in [4.69, 9.17) is 23.1 Å². The van der Waals surface area contributed by atoms with Gasteiger partial charge in [-0.3, -0.25) is 9.69 Å². The number of nitrogen functional groups attached to an aromatic ring is 1. The van der Waals surface area contributed by atoms with Crippen molar-refractivity contribution in [2.75, 3.05) is 38.5 Å². The molecule has 4 N–H and O–H groups in total. The van der Waals surface area contributed by atoms with E-state index in [2.05, 4.69) is 26.9 Å². The first kappa shape index (κ1) is 23.0. The molecule has 2 saturated heterocycles. The maximum absolute atomic E-state index is 13.2. The van der Waals surface area contributed by atoms with E-state index < -0.39 is 0 Å². The fraction of sp³-hybridized carbons (Fsp3) is 0.520. The molecule has 2 aliphatic heterocycles. The van der Waals surface area contributed by atoms with Crippen LogP contribution in [0.2, 0.25) is 5.02 Å². The Morgan fingerprint density at radius 1 is 1.06 bits per heavy atom. The third-order valence-electron chi connectivity index (χ3n) is 7.16. The van der Waals surface area contributed by atoms with Crippen molar-refractivity contribution >= 4 is 23.3 Å². The number of benzene rings is 1. The highest BCUT2D eigenvalue weighted by Gasteiger charge is 2.33. The van der Waals surface area contributed by atoms with E-state index in [0.29, 0.717) is 30.1 Å². The van der Waals surface area contributed by atoms with Crippen LogP contribution in [0.15, 0.2) is 42.6 Å². The second-order valence-electron chi connectivity index (χ2n) is 9.20. The van der Waals surface area contributed by atoms with Gasteiger partial charge in [-0.2, -0.15) is 0 Å². The van der Waals surface area contributed by atoms with Gasteiger partial charge in [0, 0.05) is 36.8 Å². The van der Waals surface area contributed by atoms with Gasteiger partial charge < -0.3 is 16.4 Å². The lowest BCUT2D eigenvalue weighted by atomic mass is 9.79. The van der Waals surface area contributed by atoms with E-state index in [1.54, 1.807) is 6.20 Å². The monoisotopic (exact) mass is 455 g/mol. The number of aromatic nitrogens is 1. The number of amides is 1. The van der Waals surface area contributed by atoms with Gasteiger partial charge in [0.1, 0.15) is 5.82 Å². The number of nitrogens with two attached hydrogens (primary N) is 2. The number of likely N-dealkylation sites (tertiary alicyclic amines) is 2. The molecule has 7 heteroatoms. The van der Waals surface area contributed by atoms with Crippen LogP contribution in [0.5, 0.6) is 0 Å². The summed E-state index contributed by atoms with van der Waals surface area (Å²) in [6.07, 6.45) is 5.63. The average molecular weight is 456 g/mol. The summed E-state index contributed by atoms with van der Waals surface area (Å²) in [7, 11) is 0. The minimum Gasteiger partial charge on any atom is -0.384 e. The van der Waals surface area contributed by atoms with Crippen LogP contribution < -0.4 is 11.5 Å². The van der Waals surface area contributed by atoms with Gasteiger partial charge in [0.2, 0.25) is 5.91 Å². The first-order valence-electron chi connectivity index (χ1n) is 11.7. The number of pyridine rings is 1. The highest BCUT2D eigenvalue weighted by atomic mass is 35.5. The zero-order chi connectivity index (χ0) is 22.5. The maximum Gasteiger partial charge on any atom is 0.225 e. The number of piperidine rings is 2. The molecule has 0 bridgehead atoms. The lowest BCUT2D eigenvalue weighted by Crippen LogP contribution is -2.46. The Morgan fingerprint density at radius 2 is 1.75 bits per heavy atom. The predicted molar refractivity (Wildman–Crippen MR) is 129 cm³/mol. The fourth-order valence-electron chi connectivity index (χ4n) is 5.28. The van der Waals surface area contributed by atoms with Crippen LogP contribution in [0.25, 0.3) is 0 Å². The molecule has 0 spiro atoms. The first-order valence-corrected chi connectivity index (χ1v) is 12.1. The summed E-state index contributed by atoms with van der Waals surface area (Å²) in [5, 5.41) is 0.751. The standard InChI is InChI=1S/C25H34ClN5O/c26-22-3-1-19(2-4-22)23(16-27)20-8-13-31(14-9-20)25(32)21-6-11-30(12-7-21)17-18-5-10-29-24(28)15-18/h1-5,10,15,20-21,23H,6-9,11-14,16-17,27H2,(H2,28,29). The number of carbonyl (C=O) groups excluding carboxylic acids is 1. The minimum atomic E-state index is 0.145. The Labute approximate surface area is 195 Å². The highest BCUT2D eigenvalue weighted by molar-refractivity contribution is 6.30. The van der Waals surface area contributed by atoms with Crippen molar-refractivity contribution in [1.29, 1.82) is 0 Å². The lowest BCUT2D eigenvalue weighted by Gasteiger charge is -2.39. The molecule has 6 nitrogen and oxygen atoms in total. The Hall–Kier alpha value is -2.15. The molecule has 32 heavy (non-hydrogen) atoms. The summed E-state index contributed by atoms with van der Waals surface area (Å²) in [4.78, 5) is 21.7. The second kappa shape index (κ2) is 10.6. The van der Waals surface area contributed by atoms with Crippen LogP contribution in [-0.2, 0) is 11.3 Å². The molecule has 2 aliphatic rings. The number of hydrogen-bond acceptors (Lipinski definition) is 5. The van der Waals surface area contributed by atoms with Crippen LogP contribution in [0.1, 0.15) is 42.7 Å². The molecule has 1 aromatic carbocycles. The van der Waals surface area contributed by atoms with Crippen molar-refractivity contribution in [3.63, 3.8) is 0 Å². The molecule has 1 amide bonds. The third kappa shape index (κ3) is 5.61. The predicted octanol–water partition coefficient (Wildman–Crippen LogP) is 3.51. The fourth-order valence-corrected chi connectivity index (χ4v) is 5.41. The van der Waals surface area contributed by atoms with E-state index in [1.807, 2.05) is 24.3 Å². The zero-order valence-corrected chi connectivity index (χ0v) is 19.4. The Balaban J connectivity index is 1.25. The van der Waals surface area contributed by atoms with Crippen molar-refractivity contribution in [2.24, 2.45) is 17.6 Å². The number of halogens is 1. The van der Waals surface area contributed by atoms with Crippen LogP contribution in [-0.4, -0.2) is 53.4 Å². The van der Waals surface area contributed by atoms with Gasteiger partial charge in [-0.15, -0.1) is 0 Å². The normalized spacial score (nSPS) is 19.8. The van der Waals surface area contributed by atoms with Gasteiger partial charge in [-0.1, -0.05) is 23.7 Å². The molecular formula is C25H34ClN5O. The van der Waals surface area contributed by atoms with Crippen molar-refractivity contribution < 1.29 is 4.79 Å². The number of nitrogens with zero attached hydrogens (tertiary/aromatic N) is 3. The maximum atomic E-state index is 13.2. The summed E-state index contributed by atoms with van der Waals surface area (Å²) in [6.45, 7) is 5.06. The van der Waals surface area contributed by atoms with Crippen molar-refractivity contribution in [1.82, 2.24) is 14.8 Å². The molecule has 0 saturated carbocycles. The zero-order valence-electron chi connectivity index (χ0n) is 18.6. The largest absolute Gasteiger partial charge is 0.384 e. The molecule has 2 aromatic rings. The number of anilines is 1. The summed E-state index contributed by atoms with van der Waals surface area (Å²) in [5.74, 6) is 1.89. The van der Waals surface area contributed by atoms with Crippen molar-refractivity contribution in [3.05, 3.63) is 58.7 Å².